The zero-order valence-electron chi connectivity index (χ0n) is 11.5. The first kappa shape index (κ1) is 20.9. The molecule has 0 aromatic heterocycles. The molecule has 0 saturated carbocycles. The lowest BCUT2D eigenvalue weighted by molar-refractivity contribution is 0.0636. The molecule has 1 aromatic carbocycles. The number of carbonyl (C=O) groups is 1. The molecular weight excluding hydrogens is 353 g/mol. The molecule has 110 valence electrons. The molecular formula is C13H20BrCl2NO2. The Kier molecular flexibility index (Phi) is 9.52. The van der Waals surface area contributed by atoms with E-state index in [4.69, 9.17) is 4.74 Å². The highest BCUT2D eigenvalue weighted by Gasteiger charge is 2.16. The van der Waals surface area contributed by atoms with Gasteiger partial charge in [0.2, 0.25) is 0 Å². The molecule has 1 aromatic rings. The summed E-state index contributed by atoms with van der Waals surface area (Å²) in [5.74, 6) is 0. The first-order valence-corrected chi connectivity index (χ1v) is 6.59. The third-order valence-electron chi connectivity index (χ3n) is 1.94. The second-order valence-electron chi connectivity index (χ2n) is 4.97. The van der Waals surface area contributed by atoms with Gasteiger partial charge in [-0.05, 0) is 51.0 Å². The number of aryl methyl sites for hydroxylation is 1. The Morgan fingerprint density at radius 2 is 1.84 bits per heavy atom. The molecule has 6 heteroatoms. The van der Waals surface area contributed by atoms with Crippen molar-refractivity contribution in [3.63, 3.8) is 0 Å². The van der Waals surface area contributed by atoms with Gasteiger partial charge >= 0.3 is 6.09 Å². The van der Waals surface area contributed by atoms with Gasteiger partial charge in [-0.3, -0.25) is 5.32 Å². The summed E-state index contributed by atoms with van der Waals surface area (Å²) in [4.78, 5) is 11.6. The van der Waals surface area contributed by atoms with Crippen LogP contribution in [0.3, 0.4) is 0 Å². The summed E-state index contributed by atoms with van der Waals surface area (Å²) in [5.41, 5.74) is 2.50. The monoisotopic (exact) mass is 371 g/mol. The highest BCUT2D eigenvalue weighted by Crippen LogP contribution is 2.18. The van der Waals surface area contributed by atoms with Gasteiger partial charge in [0.1, 0.15) is 5.60 Å². The summed E-state index contributed by atoms with van der Waals surface area (Å²) in [5, 5.41) is 3.49. The Balaban J connectivity index is 0. The second-order valence-corrected chi connectivity index (χ2v) is 5.53. The number of halogens is 3. The molecule has 0 fully saturated rings. The van der Waals surface area contributed by atoms with E-state index < -0.39 is 11.7 Å². The number of alkyl halides is 1. The van der Waals surface area contributed by atoms with Crippen molar-refractivity contribution in [2.75, 3.05) is 5.32 Å². The molecule has 0 heterocycles. The number of hydrogen-bond donors (Lipinski definition) is 1. The van der Waals surface area contributed by atoms with Crippen molar-refractivity contribution in [2.45, 2.75) is 38.6 Å². The molecule has 1 rings (SSSR count). The second kappa shape index (κ2) is 8.67. The average molecular weight is 373 g/mol. The predicted octanol–water partition coefficient (Wildman–Crippen LogP) is 5.08. The van der Waals surface area contributed by atoms with Gasteiger partial charge in [-0.1, -0.05) is 22.0 Å². The Morgan fingerprint density at radius 3 is 2.32 bits per heavy atom. The van der Waals surface area contributed by atoms with Crippen LogP contribution in [0.1, 0.15) is 31.9 Å². The molecule has 19 heavy (non-hydrogen) atoms. The summed E-state index contributed by atoms with van der Waals surface area (Å²) in [6, 6.07) is 5.90. The van der Waals surface area contributed by atoms with Crippen LogP contribution in [-0.2, 0) is 10.1 Å². The van der Waals surface area contributed by atoms with E-state index in [1.54, 1.807) is 0 Å². The zero-order chi connectivity index (χ0) is 13.1. The summed E-state index contributed by atoms with van der Waals surface area (Å²) in [6.45, 7) is 7.51. The summed E-state index contributed by atoms with van der Waals surface area (Å²) in [6.07, 6.45) is -0.427. The summed E-state index contributed by atoms with van der Waals surface area (Å²) >= 11 is 3.40. The van der Waals surface area contributed by atoms with Gasteiger partial charge in [0, 0.05) is 11.0 Å². The lowest BCUT2D eigenvalue weighted by Gasteiger charge is -2.20. The van der Waals surface area contributed by atoms with Crippen molar-refractivity contribution in [3.8, 4) is 0 Å². The number of hydrogen-bond acceptors (Lipinski definition) is 2. The highest BCUT2D eigenvalue weighted by molar-refractivity contribution is 9.08. The maximum absolute atomic E-state index is 11.6. The molecule has 0 spiro atoms. The van der Waals surface area contributed by atoms with E-state index in [1.165, 1.54) is 0 Å². The smallest absolute Gasteiger partial charge is 0.412 e. The van der Waals surface area contributed by atoms with Crippen LogP contribution in [0.2, 0.25) is 0 Å². The Hall–Kier alpha value is -0.450. The lowest BCUT2D eigenvalue weighted by atomic mass is 10.1. The molecule has 3 nitrogen and oxygen atoms in total. The van der Waals surface area contributed by atoms with Gasteiger partial charge in [-0.25, -0.2) is 4.79 Å². The van der Waals surface area contributed by atoms with E-state index in [1.807, 2.05) is 39.8 Å². The first-order chi connectivity index (χ1) is 7.80. The van der Waals surface area contributed by atoms with Gasteiger partial charge < -0.3 is 4.74 Å². The Labute approximate surface area is 135 Å². The van der Waals surface area contributed by atoms with Crippen LogP contribution in [0.4, 0.5) is 10.5 Å². The van der Waals surface area contributed by atoms with Crippen LogP contribution in [-0.4, -0.2) is 11.7 Å². The van der Waals surface area contributed by atoms with Crippen molar-refractivity contribution in [1.82, 2.24) is 0 Å². The molecule has 0 unspecified atom stereocenters. The number of benzene rings is 1. The van der Waals surface area contributed by atoms with Gasteiger partial charge in [0.05, 0.1) is 0 Å². The standard InChI is InChI=1S/C13H18BrNO2.2ClH/c1-9-5-10(8-14)7-11(6-9)15-12(16)17-13(2,3)4;;/h5-7H,8H2,1-4H3,(H,15,16);2*1H. The van der Waals surface area contributed by atoms with Gasteiger partial charge in [-0.2, -0.15) is 0 Å². The maximum Gasteiger partial charge on any atom is 0.412 e. The van der Waals surface area contributed by atoms with Crippen molar-refractivity contribution in [3.05, 3.63) is 29.3 Å². The molecule has 0 bridgehead atoms. The summed E-state index contributed by atoms with van der Waals surface area (Å²) < 4.78 is 5.19. The number of ether oxygens (including phenoxy) is 1. The third kappa shape index (κ3) is 8.35. The topological polar surface area (TPSA) is 38.3 Å². The fourth-order valence-electron chi connectivity index (χ4n) is 1.43. The van der Waals surface area contributed by atoms with Gasteiger partial charge in [-0.15, -0.1) is 24.8 Å². The molecule has 1 amide bonds. The lowest BCUT2D eigenvalue weighted by Crippen LogP contribution is -2.27. The first-order valence-electron chi connectivity index (χ1n) is 5.47. The summed E-state index contributed by atoms with van der Waals surface area (Å²) in [7, 11) is 0. The SMILES string of the molecule is Cc1cc(CBr)cc(NC(=O)OC(C)(C)C)c1.Cl.Cl. The molecule has 0 aliphatic heterocycles. The number of rotatable bonds is 2. The molecule has 1 N–H and O–H groups in total. The van der Waals surface area contributed by atoms with Crippen LogP contribution in [0.5, 0.6) is 0 Å². The van der Waals surface area contributed by atoms with Crippen molar-refractivity contribution in [2.24, 2.45) is 0 Å². The van der Waals surface area contributed by atoms with Crippen LogP contribution < -0.4 is 5.32 Å². The number of amides is 1. The van der Waals surface area contributed by atoms with Gasteiger partial charge in [0.15, 0.2) is 0 Å². The van der Waals surface area contributed by atoms with Crippen LogP contribution in [0.25, 0.3) is 0 Å². The minimum absolute atomic E-state index is 0. The van der Waals surface area contributed by atoms with E-state index in [9.17, 15) is 4.79 Å². The van der Waals surface area contributed by atoms with Crippen LogP contribution >= 0.6 is 40.7 Å². The highest BCUT2D eigenvalue weighted by atomic mass is 79.9. The van der Waals surface area contributed by atoms with Crippen molar-refractivity contribution in [1.29, 1.82) is 0 Å². The van der Waals surface area contributed by atoms with E-state index in [0.717, 1.165) is 22.1 Å². The predicted molar refractivity (Wildman–Crippen MR) is 88.2 cm³/mol. The number of nitrogens with one attached hydrogen (secondary N) is 1. The Morgan fingerprint density at radius 1 is 1.26 bits per heavy atom. The van der Waals surface area contributed by atoms with Crippen molar-refractivity contribution < 1.29 is 9.53 Å². The molecule has 0 aliphatic carbocycles. The third-order valence-corrected chi connectivity index (χ3v) is 2.58. The van der Waals surface area contributed by atoms with Crippen LogP contribution in [0, 0.1) is 6.92 Å². The minimum Gasteiger partial charge on any atom is -0.444 e. The van der Waals surface area contributed by atoms with E-state index in [-0.39, 0.29) is 24.8 Å². The molecule has 0 atom stereocenters. The Bertz CT molecular complexity index is 420. The quantitative estimate of drug-likeness (QED) is 0.735. The van der Waals surface area contributed by atoms with E-state index in [0.29, 0.717) is 0 Å². The van der Waals surface area contributed by atoms with Crippen LogP contribution in [0.15, 0.2) is 18.2 Å². The molecule has 0 aliphatic rings. The largest absolute Gasteiger partial charge is 0.444 e. The average Bonchev–Trinajstić information content (AvgIpc) is 2.13. The maximum atomic E-state index is 11.6. The van der Waals surface area contributed by atoms with Gasteiger partial charge in [0.25, 0.3) is 0 Å². The fourth-order valence-corrected chi connectivity index (χ4v) is 1.76. The van der Waals surface area contributed by atoms with Crippen molar-refractivity contribution >= 4 is 52.5 Å². The fraction of sp³-hybridized carbons (Fsp3) is 0.462. The molecule has 0 radical (unpaired) electrons. The minimum atomic E-state index is -0.480. The normalized spacial score (nSPS) is 9.95. The molecule has 0 saturated heterocycles. The van der Waals surface area contributed by atoms with E-state index >= 15 is 0 Å². The number of carbonyl (C=O) groups excluding carboxylic acids is 1. The zero-order valence-corrected chi connectivity index (χ0v) is 14.7. The van der Waals surface area contributed by atoms with E-state index in [2.05, 4.69) is 27.3 Å². The number of anilines is 1.